The van der Waals surface area contributed by atoms with Crippen LogP contribution in [0.5, 0.6) is 0 Å². The molecule has 3 N–H and O–H groups in total. The monoisotopic (exact) mass is 275 g/mol. The SMILES string of the molecule is O=c1[nH]c(CNCC2(O)CCOC2)nc2ccccc12. The molecule has 0 radical (unpaired) electrons. The van der Waals surface area contributed by atoms with Crippen LogP contribution in [-0.4, -0.2) is 40.4 Å². The molecule has 1 fully saturated rings. The van der Waals surface area contributed by atoms with Crippen molar-refractivity contribution in [3.63, 3.8) is 0 Å². The molecule has 1 aromatic heterocycles. The molecule has 6 nitrogen and oxygen atoms in total. The zero-order chi connectivity index (χ0) is 14.0. The van der Waals surface area contributed by atoms with E-state index in [0.717, 1.165) is 0 Å². The molecule has 1 aromatic carbocycles. The number of aromatic nitrogens is 2. The van der Waals surface area contributed by atoms with Crippen LogP contribution in [0.4, 0.5) is 0 Å². The van der Waals surface area contributed by atoms with Crippen molar-refractivity contribution in [1.82, 2.24) is 15.3 Å². The third-order valence-corrected chi connectivity index (χ3v) is 3.49. The Morgan fingerprint density at radius 3 is 3.10 bits per heavy atom. The summed E-state index contributed by atoms with van der Waals surface area (Å²) in [5, 5.41) is 13.8. The topological polar surface area (TPSA) is 87.2 Å². The highest BCUT2D eigenvalue weighted by Crippen LogP contribution is 2.16. The smallest absolute Gasteiger partial charge is 0.258 e. The summed E-state index contributed by atoms with van der Waals surface area (Å²) in [5.74, 6) is 0.566. The van der Waals surface area contributed by atoms with Crippen molar-refractivity contribution in [2.75, 3.05) is 19.8 Å². The predicted molar refractivity (Wildman–Crippen MR) is 74.5 cm³/mol. The van der Waals surface area contributed by atoms with Crippen LogP contribution >= 0.6 is 0 Å². The zero-order valence-electron chi connectivity index (χ0n) is 11.1. The van der Waals surface area contributed by atoms with Crippen molar-refractivity contribution in [3.05, 3.63) is 40.4 Å². The highest BCUT2D eigenvalue weighted by molar-refractivity contribution is 5.77. The molecule has 0 amide bonds. The van der Waals surface area contributed by atoms with E-state index in [-0.39, 0.29) is 5.56 Å². The van der Waals surface area contributed by atoms with Crippen LogP contribution in [-0.2, 0) is 11.3 Å². The van der Waals surface area contributed by atoms with E-state index in [2.05, 4.69) is 15.3 Å². The Hall–Kier alpha value is -1.76. The first-order valence-corrected chi connectivity index (χ1v) is 6.65. The van der Waals surface area contributed by atoms with Crippen molar-refractivity contribution < 1.29 is 9.84 Å². The second-order valence-corrected chi connectivity index (χ2v) is 5.16. The van der Waals surface area contributed by atoms with Crippen molar-refractivity contribution in [3.8, 4) is 0 Å². The van der Waals surface area contributed by atoms with E-state index in [9.17, 15) is 9.90 Å². The molecule has 2 heterocycles. The van der Waals surface area contributed by atoms with Gasteiger partial charge in [-0.3, -0.25) is 4.79 Å². The van der Waals surface area contributed by atoms with Gasteiger partial charge in [-0.25, -0.2) is 4.98 Å². The normalized spacial score (nSPS) is 22.4. The maximum absolute atomic E-state index is 11.9. The summed E-state index contributed by atoms with van der Waals surface area (Å²) in [5.41, 5.74) is -0.275. The number of hydrogen-bond donors (Lipinski definition) is 3. The summed E-state index contributed by atoms with van der Waals surface area (Å²) in [4.78, 5) is 19.0. The minimum absolute atomic E-state index is 0.143. The van der Waals surface area contributed by atoms with Gasteiger partial charge in [0.1, 0.15) is 11.4 Å². The molecule has 3 rings (SSSR count). The lowest BCUT2D eigenvalue weighted by atomic mass is 10.0. The van der Waals surface area contributed by atoms with Gasteiger partial charge in [0, 0.05) is 19.6 Å². The van der Waals surface area contributed by atoms with Crippen molar-refractivity contribution >= 4 is 10.9 Å². The highest BCUT2D eigenvalue weighted by atomic mass is 16.5. The van der Waals surface area contributed by atoms with Crippen LogP contribution in [0.15, 0.2) is 29.1 Å². The Morgan fingerprint density at radius 2 is 2.30 bits per heavy atom. The van der Waals surface area contributed by atoms with Crippen LogP contribution in [0, 0.1) is 0 Å². The van der Waals surface area contributed by atoms with Gasteiger partial charge in [0.05, 0.1) is 24.1 Å². The number of aliphatic hydroxyl groups is 1. The van der Waals surface area contributed by atoms with Gasteiger partial charge in [0.25, 0.3) is 5.56 Å². The fourth-order valence-electron chi connectivity index (χ4n) is 2.37. The molecule has 1 saturated heterocycles. The van der Waals surface area contributed by atoms with E-state index >= 15 is 0 Å². The standard InChI is InChI=1S/C14H17N3O3/c18-13-10-3-1-2-4-11(10)16-12(17-13)7-15-8-14(19)5-6-20-9-14/h1-4,15,19H,5-9H2,(H,16,17,18). The molecule has 1 unspecified atom stereocenters. The molecule has 1 aliphatic heterocycles. The molecule has 0 bridgehead atoms. The van der Waals surface area contributed by atoms with Gasteiger partial charge >= 0.3 is 0 Å². The third kappa shape index (κ3) is 2.72. The zero-order valence-corrected chi connectivity index (χ0v) is 11.1. The average molecular weight is 275 g/mol. The fraction of sp³-hybridized carbons (Fsp3) is 0.429. The van der Waals surface area contributed by atoms with E-state index in [0.29, 0.717) is 49.5 Å². The summed E-state index contributed by atoms with van der Waals surface area (Å²) in [6.07, 6.45) is 0.627. The van der Waals surface area contributed by atoms with Crippen LogP contribution in [0.3, 0.4) is 0 Å². The number of aromatic amines is 1. The van der Waals surface area contributed by atoms with E-state index < -0.39 is 5.60 Å². The average Bonchev–Trinajstić information content (AvgIpc) is 2.86. The molecule has 106 valence electrons. The fourth-order valence-corrected chi connectivity index (χ4v) is 2.37. The van der Waals surface area contributed by atoms with Gasteiger partial charge in [-0.1, -0.05) is 12.1 Å². The molecule has 1 atom stereocenters. The van der Waals surface area contributed by atoms with Crippen molar-refractivity contribution in [2.45, 2.75) is 18.6 Å². The van der Waals surface area contributed by atoms with E-state index in [1.807, 2.05) is 18.2 Å². The molecule has 0 spiro atoms. The number of nitrogens with one attached hydrogen (secondary N) is 2. The van der Waals surface area contributed by atoms with Gasteiger partial charge in [0.15, 0.2) is 0 Å². The maximum atomic E-state index is 11.9. The number of nitrogens with zero attached hydrogens (tertiary/aromatic N) is 1. The maximum Gasteiger partial charge on any atom is 0.258 e. The molecule has 0 saturated carbocycles. The molecule has 1 aliphatic rings. The van der Waals surface area contributed by atoms with Gasteiger partial charge in [-0.15, -0.1) is 0 Å². The van der Waals surface area contributed by atoms with Crippen LogP contribution in [0.25, 0.3) is 10.9 Å². The quantitative estimate of drug-likeness (QED) is 0.740. The number of para-hydroxylation sites is 1. The minimum atomic E-state index is -0.808. The molecular weight excluding hydrogens is 258 g/mol. The first-order chi connectivity index (χ1) is 9.66. The number of rotatable bonds is 4. The summed E-state index contributed by atoms with van der Waals surface area (Å²) in [7, 11) is 0. The molecule has 0 aliphatic carbocycles. The Labute approximate surface area is 115 Å². The van der Waals surface area contributed by atoms with Crippen LogP contribution in [0.1, 0.15) is 12.2 Å². The number of H-pyrrole nitrogens is 1. The Bertz CT molecular complexity index is 662. The Morgan fingerprint density at radius 1 is 1.45 bits per heavy atom. The molecule has 6 heteroatoms. The third-order valence-electron chi connectivity index (χ3n) is 3.49. The summed E-state index contributed by atoms with van der Waals surface area (Å²) < 4.78 is 5.18. The van der Waals surface area contributed by atoms with E-state index in [1.54, 1.807) is 6.07 Å². The Balaban J connectivity index is 1.70. The number of hydrogen-bond acceptors (Lipinski definition) is 5. The van der Waals surface area contributed by atoms with Crippen LogP contribution in [0.2, 0.25) is 0 Å². The van der Waals surface area contributed by atoms with Gasteiger partial charge in [-0.05, 0) is 12.1 Å². The summed E-state index contributed by atoms with van der Waals surface area (Å²) >= 11 is 0. The lowest BCUT2D eigenvalue weighted by Crippen LogP contribution is -2.41. The molecule has 20 heavy (non-hydrogen) atoms. The lowest BCUT2D eigenvalue weighted by molar-refractivity contribution is 0.0267. The van der Waals surface area contributed by atoms with Crippen molar-refractivity contribution in [2.24, 2.45) is 0 Å². The number of fused-ring (bicyclic) bond motifs is 1. The first-order valence-electron chi connectivity index (χ1n) is 6.65. The summed E-state index contributed by atoms with van der Waals surface area (Å²) in [6.45, 7) is 1.76. The number of ether oxygens (including phenoxy) is 1. The van der Waals surface area contributed by atoms with Gasteiger partial charge in [-0.2, -0.15) is 0 Å². The van der Waals surface area contributed by atoms with Crippen LogP contribution < -0.4 is 10.9 Å². The summed E-state index contributed by atoms with van der Waals surface area (Å²) in [6, 6.07) is 7.22. The van der Waals surface area contributed by atoms with E-state index in [4.69, 9.17) is 4.74 Å². The highest BCUT2D eigenvalue weighted by Gasteiger charge is 2.31. The van der Waals surface area contributed by atoms with E-state index in [1.165, 1.54) is 0 Å². The minimum Gasteiger partial charge on any atom is -0.386 e. The Kier molecular flexibility index (Phi) is 3.52. The van der Waals surface area contributed by atoms with Gasteiger partial charge in [0.2, 0.25) is 0 Å². The number of benzene rings is 1. The molecule has 2 aromatic rings. The first kappa shape index (κ1) is 13.2. The van der Waals surface area contributed by atoms with Gasteiger partial charge < -0.3 is 20.1 Å². The largest absolute Gasteiger partial charge is 0.386 e. The predicted octanol–water partition coefficient (Wildman–Crippen LogP) is 0.164. The lowest BCUT2D eigenvalue weighted by Gasteiger charge is -2.20. The van der Waals surface area contributed by atoms with Crippen molar-refractivity contribution in [1.29, 1.82) is 0 Å². The second-order valence-electron chi connectivity index (χ2n) is 5.16. The molecular formula is C14H17N3O3. The second kappa shape index (κ2) is 5.32.